The van der Waals surface area contributed by atoms with E-state index in [9.17, 15) is 10.1 Å². The summed E-state index contributed by atoms with van der Waals surface area (Å²) in [6, 6.07) is 12.5. The van der Waals surface area contributed by atoms with Gasteiger partial charge in [0.25, 0.3) is 5.91 Å². The minimum absolute atomic E-state index is 0.0508. The van der Waals surface area contributed by atoms with E-state index in [0.717, 1.165) is 11.3 Å². The van der Waals surface area contributed by atoms with E-state index in [2.05, 4.69) is 10.6 Å². The monoisotopic (exact) mass is 355 g/mol. The van der Waals surface area contributed by atoms with Gasteiger partial charge >= 0.3 is 0 Å². The summed E-state index contributed by atoms with van der Waals surface area (Å²) in [6.45, 7) is 4.01. The molecular weight excluding hydrogens is 338 g/mol. The van der Waals surface area contributed by atoms with Gasteiger partial charge in [0, 0.05) is 17.6 Å². The third-order valence-electron chi connectivity index (χ3n) is 3.66. The predicted molar refractivity (Wildman–Crippen MR) is 99.9 cm³/mol. The minimum atomic E-state index is -0.528. The first-order valence-corrected chi connectivity index (χ1v) is 7.91. The van der Waals surface area contributed by atoms with Crippen LogP contribution in [0.4, 0.5) is 11.4 Å². The van der Waals surface area contributed by atoms with Crippen molar-refractivity contribution in [1.82, 2.24) is 0 Å². The predicted octanol–water partition coefficient (Wildman–Crippen LogP) is 4.42. The number of carbonyl (C=O) groups excluding carboxylic acids is 1. The molecule has 0 atom stereocenters. The summed E-state index contributed by atoms with van der Waals surface area (Å²) in [7, 11) is 1.51. The Balaban J connectivity index is 2.11. The lowest BCUT2D eigenvalue weighted by atomic mass is 10.1. The van der Waals surface area contributed by atoms with Crippen molar-refractivity contribution in [1.29, 1.82) is 5.26 Å². The second kappa shape index (κ2) is 8.22. The fourth-order valence-electron chi connectivity index (χ4n) is 2.08. The summed E-state index contributed by atoms with van der Waals surface area (Å²) in [5, 5.41) is 15.2. The fourth-order valence-corrected chi connectivity index (χ4v) is 2.34. The molecule has 0 bridgehead atoms. The SMILES string of the molecule is COc1ccc(NC(=O)/C(C#N)=C\Nc2ccc(C)c(C)c2)cc1Cl. The lowest BCUT2D eigenvalue weighted by Crippen LogP contribution is -2.14. The van der Waals surface area contributed by atoms with Crippen LogP contribution in [0.2, 0.25) is 5.02 Å². The summed E-state index contributed by atoms with van der Waals surface area (Å²) in [5.74, 6) is -0.0211. The van der Waals surface area contributed by atoms with Gasteiger partial charge in [-0.1, -0.05) is 17.7 Å². The van der Waals surface area contributed by atoms with Gasteiger partial charge in [0.15, 0.2) is 0 Å². The first-order valence-electron chi connectivity index (χ1n) is 7.53. The van der Waals surface area contributed by atoms with Crippen LogP contribution in [0.3, 0.4) is 0 Å². The van der Waals surface area contributed by atoms with Crippen molar-refractivity contribution in [3.05, 3.63) is 64.3 Å². The quantitative estimate of drug-likeness (QED) is 0.615. The standard InChI is InChI=1S/C19H18ClN3O2/c1-12-4-5-15(8-13(12)2)22-11-14(10-21)19(24)23-16-6-7-18(25-3)17(20)9-16/h4-9,11,22H,1-3H3,(H,23,24)/b14-11-. The molecule has 2 N–H and O–H groups in total. The van der Waals surface area contributed by atoms with Gasteiger partial charge in [0.05, 0.1) is 12.1 Å². The van der Waals surface area contributed by atoms with Crippen LogP contribution in [0.5, 0.6) is 5.75 Å². The molecule has 0 radical (unpaired) electrons. The number of nitrogens with zero attached hydrogens (tertiary/aromatic N) is 1. The Bertz CT molecular complexity index is 869. The van der Waals surface area contributed by atoms with Crippen LogP contribution in [-0.4, -0.2) is 13.0 Å². The molecule has 6 heteroatoms. The Labute approximate surface area is 151 Å². The summed E-state index contributed by atoms with van der Waals surface area (Å²) in [6.07, 6.45) is 1.38. The number of methoxy groups -OCH3 is 1. The number of carbonyl (C=O) groups is 1. The highest BCUT2D eigenvalue weighted by atomic mass is 35.5. The van der Waals surface area contributed by atoms with Crippen molar-refractivity contribution in [3.63, 3.8) is 0 Å². The van der Waals surface area contributed by atoms with Gasteiger partial charge < -0.3 is 15.4 Å². The molecule has 0 saturated carbocycles. The molecule has 2 aromatic rings. The molecule has 0 spiro atoms. The maximum absolute atomic E-state index is 12.2. The lowest BCUT2D eigenvalue weighted by Gasteiger charge is -2.08. The topological polar surface area (TPSA) is 74.1 Å². The third kappa shape index (κ3) is 4.75. The Morgan fingerprint density at radius 2 is 1.88 bits per heavy atom. The van der Waals surface area contributed by atoms with E-state index < -0.39 is 5.91 Å². The molecule has 5 nitrogen and oxygen atoms in total. The van der Waals surface area contributed by atoms with E-state index in [1.54, 1.807) is 18.2 Å². The molecule has 0 aliphatic carbocycles. The number of hydrogen-bond acceptors (Lipinski definition) is 4. The Hall–Kier alpha value is -2.97. The minimum Gasteiger partial charge on any atom is -0.495 e. The zero-order chi connectivity index (χ0) is 18.4. The van der Waals surface area contributed by atoms with Gasteiger partial charge in [-0.15, -0.1) is 0 Å². The van der Waals surface area contributed by atoms with Crippen molar-refractivity contribution >= 4 is 28.9 Å². The average Bonchev–Trinajstić information content (AvgIpc) is 2.58. The lowest BCUT2D eigenvalue weighted by molar-refractivity contribution is -0.112. The number of benzene rings is 2. The molecule has 0 aliphatic rings. The van der Waals surface area contributed by atoms with E-state index in [-0.39, 0.29) is 5.57 Å². The van der Waals surface area contributed by atoms with Crippen LogP contribution < -0.4 is 15.4 Å². The van der Waals surface area contributed by atoms with Crippen LogP contribution in [0.15, 0.2) is 48.2 Å². The number of nitriles is 1. The van der Waals surface area contributed by atoms with E-state index >= 15 is 0 Å². The molecule has 128 valence electrons. The number of ether oxygens (including phenoxy) is 1. The number of amides is 1. The molecule has 0 aliphatic heterocycles. The van der Waals surface area contributed by atoms with Gasteiger partial charge in [-0.2, -0.15) is 5.26 Å². The highest BCUT2D eigenvalue weighted by molar-refractivity contribution is 6.32. The van der Waals surface area contributed by atoms with E-state index in [1.165, 1.54) is 18.9 Å². The number of rotatable bonds is 5. The van der Waals surface area contributed by atoms with Gasteiger partial charge in [-0.05, 0) is 55.3 Å². The van der Waals surface area contributed by atoms with Gasteiger partial charge in [0.2, 0.25) is 0 Å². The maximum atomic E-state index is 12.2. The number of hydrogen-bond donors (Lipinski definition) is 2. The molecule has 2 rings (SSSR count). The average molecular weight is 356 g/mol. The van der Waals surface area contributed by atoms with E-state index in [0.29, 0.717) is 16.5 Å². The van der Waals surface area contributed by atoms with Crippen molar-refractivity contribution in [2.45, 2.75) is 13.8 Å². The van der Waals surface area contributed by atoms with Crippen molar-refractivity contribution in [3.8, 4) is 11.8 Å². The molecule has 1 amide bonds. The molecule has 0 aromatic heterocycles. The number of anilines is 2. The summed E-state index contributed by atoms with van der Waals surface area (Å²) in [5.41, 5.74) is 3.52. The van der Waals surface area contributed by atoms with Gasteiger partial charge in [-0.3, -0.25) is 4.79 Å². The summed E-state index contributed by atoms with van der Waals surface area (Å²) in [4.78, 5) is 12.2. The normalized spacial score (nSPS) is 10.8. The molecule has 0 fully saturated rings. The summed E-state index contributed by atoms with van der Waals surface area (Å²) < 4.78 is 5.06. The largest absolute Gasteiger partial charge is 0.495 e. The first-order chi connectivity index (χ1) is 11.9. The van der Waals surface area contributed by atoms with E-state index in [4.69, 9.17) is 16.3 Å². The second-order valence-electron chi connectivity index (χ2n) is 5.42. The maximum Gasteiger partial charge on any atom is 0.267 e. The summed E-state index contributed by atoms with van der Waals surface area (Å²) >= 11 is 6.03. The molecule has 0 unspecified atom stereocenters. The van der Waals surface area contributed by atoms with Crippen LogP contribution in [0.1, 0.15) is 11.1 Å². The van der Waals surface area contributed by atoms with Crippen LogP contribution >= 0.6 is 11.6 Å². The van der Waals surface area contributed by atoms with Crippen LogP contribution in [0, 0.1) is 25.2 Å². The number of halogens is 1. The van der Waals surface area contributed by atoms with Gasteiger partial charge in [-0.25, -0.2) is 0 Å². The Morgan fingerprint density at radius 1 is 1.16 bits per heavy atom. The fraction of sp³-hybridized carbons (Fsp3) is 0.158. The zero-order valence-electron chi connectivity index (χ0n) is 14.2. The van der Waals surface area contributed by atoms with Crippen molar-refractivity contribution in [2.24, 2.45) is 0 Å². The molecule has 0 saturated heterocycles. The zero-order valence-corrected chi connectivity index (χ0v) is 14.9. The number of nitrogens with one attached hydrogen (secondary N) is 2. The first kappa shape index (κ1) is 18.4. The number of aryl methyl sites for hydroxylation is 2. The molecule has 2 aromatic carbocycles. The molecular formula is C19H18ClN3O2. The van der Waals surface area contributed by atoms with Crippen LogP contribution in [0.25, 0.3) is 0 Å². The third-order valence-corrected chi connectivity index (χ3v) is 3.96. The van der Waals surface area contributed by atoms with Gasteiger partial charge in [0.1, 0.15) is 17.4 Å². The smallest absolute Gasteiger partial charge is 0.267 e. The molecule has 25 heavy (non-hydrogen) atoms. The highest BCUT2D eigenvalue weighted by Crippen LogP contribution is 2.27. The molecule has 0 heterocycles. The van der Waals surface area contributed by atoms with Crippen molar-refractivity contribution in [2.75, 3.05) is 17.7 Å². The van der Waals surface area contributed by atoms with Crippen molar-refractivity contribution < 1.29 is 9.53 Å². The van der Waals surface area contributed by atoms with E-state index in [1.807, 2.05) is 38.1 Å². The Kier molecular flexibility index (Phi) is 6.04. The second-order valence-corrected chi connectivity index (χ2v) is 5.82. The van der Waals surface area contributed by atoms with Crippen LogP contribution in [-0.2, 0) is 4.79 Å². The Morgan fingerprint density at radius 3 is 2.48 bits per heavy atom. The highest BCUT2D eigenvalue weighted by Gasteiger charge is 2.11.